The van der Waals surface area contributed by atoms with Crippen molar-refractivity contribution in [3.05, 3.63) is 0 Å². The molecule has 0 saturated heterocycles. The fourth-order valence-electron chi connectivity index (χ4n) is 4.44. The van der Waals surface area contributed by atoms with E-state index in [1.807, 2.05) is 0 Å². The SMILES string of the molecule is O=C(OBr)C12CC3CC(CC(C3)C1)C2. The zero-order valence-corrected chi connectivity index (χ0v) is 9.76. The molecule has 0 radical (unpaired) electrons. The van der Waals surface area contributed by atoms with Crippen LogP contribution in [0.25, 0.3) is 0 Å². The van der Waals surface area contributed by atoms with Gasteiger partial charge in [0.25, 0.3) is 0 Å². The predicted molar refractivity (Wildman–Crippen MR) is 55.6 cm³/mol. The van der Waals surface area contributed by atoms with Crippen LogP contribution in [-0.2, 0) is 8.62 Å². The Bertz CT molecular complexity index is 239. The van der Waals surface area contributed by atoms with Gasteiger partial charge in [0.15, 0.2) is 16.3 Å². The Balaban J connectivity index is 1.91. The molecule has 0 atom stereocenters. The van der Waals surface area contributed by atoms with Crippen LogP contribution >= 0.6 is 16.3 Å². The summed E-state index contributed by atoms with van der Waals surface area (Å²) in [5, 5.41) is 0. The van der Waals surface area contributed by atoms with E-state index in [1.165, 1.54) is 19.3 Å². The van der Waals surface area contributed by atoms with Gasteiger partial charge in [-0.05, 0) is 56.3 Å². The molecule has 4 aliphatic carbocycles. The topological polar surface area (TPSA) is 26.3 Å². The van der Waals surface area contributed by atoms with Gasteiger partial charge in [-0.25, -0.2) is 0 Å². The van der Waals surface area contributed by atoms with Crippen molar-refractivity contribution in [1.29, 1.82) is 0 Å². The highest BCUT2D eigenvalue weighted by Gasteiger charge is 2.55. The van der Waals surface area contributed by atoms with Gasteiger partial charge < -0.3 is 3.83 Å². The van der Waals surface area contributed by atoms with Crippen molar-refractivity contribution in [2.24, 2.45) is 23.2 Å². The fraction of sp³-hybridized carbons (Fsp3) is 0.909. The predicted octanol–water partition coefficient (Wildman–Crippen LogP) is 3.06. The average molecular weight is 259 g/mol. The molecule has 0 N–H and O–H groups in total. The van der Waals surface area contributed by atoms with E-state index in [1.54, 1.807) is 0 Å². The highest BCUT2D eigenvalue weighted by Crippen LogP contribution is 2.60. The number of carbonyl (C=O) groups is 1. The van der Waals surface area contributed by atoms with Crippen molar-refractivity contribution in [2.75, 3.05) is 0 Å². The highest BCUT2D eigenvalue weighted by molar-refractivity contribution is 9.06. The van der Waals surface area contributed by atoms with Gasteiger partial charge in [-0.15, -0.1) is 0 Å². The lowest BCUT2D eigenvalue weighted by atomic mass is 9.49. The number of rotatable bonds is 1. The Morgan fingerprint density at radius 2 is 1.50 bits per heavy atom. The third kappa shape index (κ3) is 1.17. The van der Waals surface area contributed by atoms with E-state index in [2.05, 4.69) is 16.3 Å². The van der Waals surface area contributed by atoms with Crippen LogP contribution in [0, 0.1) is 23.2 Å². The molecule has 4 rings (SSSR count). The molecule has 0 aromatic heterocycles. The number of hydrogen-bond acceptors (Lipinski definition) is 2. The van der Waals surface area contributed by atoms with Crippen LogP contribution in [0.4, 0.5) is 0 Å². The molecular weight excluding hydrogens is 244 g/mol. The molecule has 0 spiro atoms. The third-order valence-electron chi connectivity index (χ3n) is 4.54. The van der Waals surface area contributed by atoms with Gasteiger partial charge in [0.1, 0.15) is 0 Å². The first-order chi connectivity index (χ1) is 6.72. The molecular formula is C11H15BrO2. The van der Waals surface area contributed by atoms with Crippen LogP contribution < -0.4 is 0 Å². The van der Waals surface area contributed by atoms with Gasteiger partial charge in [0.2, 0.25) is 0 Å². The van der Waals surface area contributed by atoms with Crippen LogP contribution in [-0.4, -0.2) is 5.97 Å². The van der Waals surface area contributed by atoms with E-state index in [-0.39, 0.29) is 11.4 Å². The molecule has 4 bridgehead atoms. The summed E-state index contributed by atoms with van der Waals surface area (Å²) in [5.41, 5.74) is -0.0990. The number of hydrogen-bond donors (Lipinski definition) is 0. The minimum Gasteiger partial charge on any atom is -0.383 e. The van der Waals surface area contributed by atoms with Gasteiger partial charge in [-0.1, -0.05) is 0 Å². The molecule has 3 heteroatoms. The summed E-state index contributed by atoms with van der Waals surface area (Å²) in [6.45, 7) is 0. The Hall–Kier alpha value is -0.0500. The van der Waals surface area contributed by atoms with Crippen LogP contribution in [0.15, 0.2) is 0 Å². The maximum absolute atomic E-state index is 11.8. The first kappa shape index (κ1) is 9.20. The van der Waals surface area contributed by atoms with Crippen LogP contribution in [0.3, 0.4) is 0 Å². The molecule has 0 amide bonds. The van der Waals surface area contributed by atoms with Crippen molar-refractivity contribution in [1.82, 2.24) is 0 Å². The lowest BCUT2D eigenvalue weighted by molar-refractivity contribution is -0.159. The van der Waals surface area contributed by atoms with Crippen LogP contribution in [0.5, 0.6) is 0 Å². The second kappa shape index (κ2) is 2.97. The summed E-state index contributed by atoms with van der Waals surface area (Å²) in [6.07, 6.45) is 7.37. The Morgan fingerprint density at radius 1 is 1.07 bits per heavy atom. The van der Waals surface area contributed by atoms with E-state index >= 15 is 0 Å². The molecule has 4 aliphatic rings. The lowest BCUT2D eigenvalue weighted by Gasteiger charge is -2.54. The maximum Gasteiger partial charge on any atom is 0.323 e. The van der Waals surface area contributed by atoms with E-state index in [0.717, 1.165) is 37.0 Å². The highest BCUT2D eigenvalue weighted by atomic mass is 79.9. The van der Waals surface area contributed by atoms with E-state index in [4.69, 9.17) is 3.83 Å². The molecule has 0 aromatic carbocycles. The quantitative estimate of drug-likeness (QED) is 0.723. The van der Waals surface area contributed by atoms with E-state index < -0.39 is 0 Å². The summed E-state index contributed by atoms with van der Waals surface area (Å²) in [6, 6.07) is 0. The molecule has 0 aliphatic heterocycles. The third-order valence-corrected chi connectivity index (χ3v) is 4.84. The van der Waals surface area contributed by atoms with Crippen molar-refractivity contribution in [2.45, 2.75) is 38.5 Å². The summed E-state index contributed by atoms with van der Waals surface area (Å²) >= 11 is 2.86. The van der Waals surface area contributed by atoms with Gasteiger partial charge in [-0.2, -0.15) is 0 Å². The first-order valence-electron chi connectivity index (χ1n) is 5.55. The van der Waals surface area contributed by atoms with Crippen molar-refractivity contribution in [3.8, 4) is 0 Å². The summed E-state index contributed by atoms with van der Waals surface area (Å²) < 4.78 is 4.81. The van der Waals surface area contributed by atoms with E-state index in [9.17, 15) is 4.79 Å². The standard InChI is InChI=1S/C11H15BrO2/c12-14-10(13)11-4-7-1-8(5-11)3-9(2-7)6-11/h7-9H,1-6H2. The number of carbonyl (C=O) groups excluding carboxylic acids is 1. The number of halogens is 1. The van der Waals surface area contributed by atoms with Crippen molar-refractivity contribution in [3.63, 3.8) is 0 Å². The van der Waals surface area contributed by atoms with E-state index in [0.29, 0.717) is 0 Å². The zero-order valence-electron chi connectivity index (χ0n) is 8.17. The molecule has 0 unspecified atom stereocenters. The molecule has 4 fully saturated rings. The van der Waals surface area contributed by atoms with Gasteiger partial charge in [0.05, 0.1) is 5.41 Å². The van der Waals surface area contributed by atoms with Crippen LogP contribution in [0.2, 0.25) is 0 Å². The Morgan fingerprint density at radius 3 is 1.86 bits per heavy atom. The molecule has 78 valence electrons. The lowest BCUT2D eigenvalue weighted by Crippen LogP contribution is -2.50. The van der Waals surface area contributed by atoms with Gasteiger partial charge >= 0.3 is 5.97 Å². The molecule has 14 heavy (non-hydrogen) atoms. The monoisotopic (exact) mass is 258 g/mol. The largest absolute Gasteiger partial charge is 0.383 e. The van der Waals surface area contributed by atoms with Crippen LogP contribution in [0.1, 0.15) is 38.5 Å². The van der Waals surface area contributed by atoms with Crippen molar-refractivity contribution < 1.29 is 8.62 Å². The minimum atomic E-state index is -0.0990. The summed E-state index contributed by atoms with van der Waals surface area (Å²) in [5.74, 6) is 2.44. The average Bonchev–Trinajstić information content (AvgIpc) is 2.14. The van der Waals surface area contributed by atoms with Gasteiger partial charge in [0, 0.05) is 0 Å². The maximum atomic E-state index is 11.8. The zero-order chi connectivity index (χ0) is 9.76. The molecule has 0 aromatic rings. The normalized spacial score (nSPS) is 49.4. The summed E-state index contributed by atoms with van der Waals surface area (Å²) in [4.78, 5) is 11.8. The second-order valence-corrected chi connectivity index (χ2v) is 5.89. The van der Waals surface area contributed by atoms with Crippen molar-refractivity contribution >= 4 is 22.2 Å². The van der Waals surface area contributed by atoms with Gasteiger partial charge in [-0.3, -0.25) is 4.79 Å². The minimum absolute atomic E-state index is 0.00315. The molecule has 2 nitrogen and oxygen atoms in total. The Labute approximate surface area is 92.8 Å². The Kier molecular flexibility index (Phi) is 1.95. The summed E-state index contributed by atoms with van der Waals surface area (Å²) in [7, 11) is 0. The molecule has 0 heterocycles. The second-order valence-electron chi connectivity index (χ2n) is 5.56. The first-order valence-corrected chi connectivity index (χ1v) is 6.19. The smallest absolute Gasteiger partial charge is 0.323 e. The fourth-order valence-corrected chi connectivity index (χ4v) is 4.79. The molecule has 4 saturated carbocycles.